The van der Waals surface area contributed by atoms with Crippen molar-refractivity contribution in [3.8, 4) is 0 Å². The maximum atomic E-state index is 13.7. The molecular formula is C27H35ClN4O3S2. The Labute approximate surface area is 230 Å². The van der Waals surface area contributed by atoms with Crippen LogP contribution >= 0.6 is 23.7 Å². The van der Waals surface area contributed by atoms with Crippen LogP contribution in [0.4, 0.5) is 5.13 Å². The quantitative estimate of drug-likeness (QED) is 0.262. The molecule has 0 spiro atoms. The van der Waals surface area contributed by atoms with Crippen molar-refractivity contribution in [2.24, 2.45) is 0 Å². The second-order valence-corrected chi connectivity index (χ2v) is 11.3. The van der Waals surface area contributed by atoms with Crippen LogP contribution in [0.25, 0.3) is 10.2 Å². The zero-order valence-electron chi connectivity index (χ0n) is 21.6. The van der Waals surface area contributed by atoms with E-state index in [-0.39, 0.29) is 36.3 Å². The van der Waals surface area contributed by atoms with E-state index in [2.05, 4.69) is 38.0 Å². The second-order valence-electron chi connectivity index (χ2n) is 8.38. The lowest BCUT2D eigenvalue weighted by molar-refractivity contribution is 0.0983. The van der Waals surface area contributed by atoms with Crippen molar-refractivity contribution in [2.75, 3.05) is 44.2 Å². The molecule has 0 N–H and O–H groups in total. The van der Waals surface area contributed by atoms with Crippen molar-refractivity contribution in [3.63, 3.8) is 0 Å². The Kier molecular flexibility index (Phi) is 11.5. The highest BCUT2D eigenvalue weighted by Crippen LogP contribution is 2.30. The molecular weight excluding hydrogens is 528 g/mol. The van der Waals surface area contributed by atoms with Gasteiger partial charge in [-0.25, -0.2) is 13.4 Å². The van der Waals surface area contributed by atoms with Crippen molar-refractivity contribution in [1.82, 2.24) is 14.2 Å². The van der Waals surface area contributed by atoms with Crippen LogP contribution in [0, 0.1) is 6.92 Å². The molecule has 0 aliphatic heterocycles. The number of rotatable bonds is 13. The summed E-state index contributed by atoms with van der Waals surface area (Å²) in [5, 5.41) is 0.632. The first kappa shape index (κ1) is 30.7. The number of carbonyl (C=O) groups excluding carboxylic acids is 1. The fourth-order valence-electron chi connectivity index (χ4n) is 3.83. The minimum absolute atomic E-state index is 0. The van der Waals surface area contributed by atoms with Crippen LogP contribution in [0.5, 0.6) is 0 Å². The zero-order chi connectivity index (χ0) is 26.3. The normalized spacial score (nSPS) is 11.5. The van der Waals surface area contributed by atoms with Gasteiger partial charge in [0.05, 0.1) is 15.1 Å². The molecule has 200 valence electrons. The number of nitrogens with zero attached hydrogens (tertiary/aromatic N) is 4. The molecule has 2 aromatic carbocycles. The van der Waals surface area contributed by atoms with Crippen molar-refractivity contribution < 1.29 is 13.2 Å². The fraction of sp³-hybridized carbons (Fsp3) is 0.333. The molecule has 3 rings (SSSR count). The summed E-state index contributed by atoms with van der Waals surface area (Å²) in [6, 6.07) is 12.1. The lowest BCUT2D eigenvalue weighted by Gasteiger charge is -2.25. The number of hydrogen-bond donors (Lipinski definition) is 0. The van der Waals surface area contributed by atoms with E-state index in [0.29, 0.717) is 23.8 Å². The van der Waals surface area contributed by atoms with E-state index in [9.17, 15) is 13.2 Å². The zero-order valence-corrected chi connectivity index (χ0v) is 24.0. The number of halogens is 1. The molecule has 0 saturated heterocycles. The smallest absolute Gasteiger partial charge is 0.260 e. The number of hydrogen-bond acceptors (Lipinski definition) is 6. The number of benzene rings is 2. The number of amides is 1. The molecule has 10 heteroatoms. The van der Waals surface area contributed by atoms with E-state index in [1.165, 1.54) is 39.9 Å². The van der Waals surface area contributed by atoms with E-state index in [0.717, 1.165) is 28.9 Å². The highest BCUT2D eigenvalue weighted by atomic mass is 35.5. The van der Waals surface area contributed by atoms with Gasteiger partial charge in [-0.05, 0) is 62.0 Å². The maximum absolute atomic E-state index is 13.7. The van der Waals surface area contributed by atoms with Gasteiger partial charge in [0.1, 0.15) is 0 Å². The van der Waals surface area contributed by atoms with Gasteiger partial charge in [0, 0.05) is 31.7 Å². The number of anilines is 1. The Balaban J connectivity index is 0.00000481. The van der Waals surface area contributed by atoms with E-state index in [1.807, 2.05) is 19.1 Å². The highest BCUT2D eigenvalue weighted by molar-refractivity contribution is 7.89. The van der Waals surface area contributed by atoms with Crippen LogP contribution < -0.4 is 4.90 Å². The molecule has 0 bridgehead atoms. The Hall–Kier alpha value is -2.56. The third-order valence-electron chi connectivity index (χ3n) is 5.95. The third kappa shape index (κ3) is 7.27. The van der Waals surface area contributed by atoms with E-state index >= 15 is 0 Å². The summed E-state index contributed by atoms with van der Waals surface area (Å²) in [7, 11) is -3.74. The van der Waals surface area contributed by atoms with Gasteiger partial charge in [0.25, 0.3) is 5.91 Å². The second kappa shape index (κ2) is 13.8. The molecule has 0 saturated carbocycles. The summed E-state index contributed by atoms with van der Waals surface area (Å²) in [5.41, 5.74) is 2.40. The molecule has 0 aliphatic carbocycles. The lowest BCUT2D eigenvalue weighted by atomic mass is 10.2. The molecule has 1 amide bonds. The van der Waals surface area contributed by atoms with Crippen LogP contribution in [0.3, 0.4) is 0 Å². The van der Waals surface area contributed by atoms with Crippen LogP contribution in [0.15, 0.2) is 72.7 Å². The standard InChI is InChI=1S/C27H34N4O3S2.ClH/c1-6-16-30(17-7-2)36(33,34)23-13-11-22(12-14-23)26(32)31(19-18-29(8-3)9-4)27-28-24-15-10-21(5)20-25(24)35-27;/h6-7,10-15,20H,1-2,8-9,16-19H2,3-5H3;1H. The summed E-state index contributed by atoms with van der Waals surface area (Å²) in [5.74, 6) is -0.212. The van der Waals surface area contributed by atoms with Gasteiger partial charge >= 0.3 is 0 Å². The summed E-state index contributed by atoms with van der Waals surface area (Å²) in [6.07, 6.45) is 3.07. The van der Waals surface area contributed by atoms with Gasteiger partial charge in [-0.3, -0.25) is 9.69 Å². The number of aromatic nitrogens is 1. The van der Waals surface area contributed by atoms with Crippen molar-refractivity contribution in [1.29, 1.82) is 0 Å². The SMILES string of the molecule is C=CCN(CC=C)S(=O)(=O)c1ccc(C(=O)N(CCN(CC)CC)c2nc3ccc(C)cc3s2)cc1.Cl. The van der Waals surface area contributed by atoms with Gasteiger partial charge < -0.3 is 4.90 Å². The molecule has 0 fully saturated rings. The number of sulfonamides is 1. The predicted octanol–water partition coefficient (Wildman–Crippen LogP) is 5.38. The topological polar surface area (TPSA) is 73.8 Å². The number of fused-ring (bicyclic) bond motifs is 1. The van der Waals surface area contributed by atoms with Crippen LogP contribution in [-0.4, -0.2) is 67.8 Å². The highest BCUT2D eigenvalue weighted by Gasteiger charge is 2.25. The van der Waals surface area contributed by atoms with Crippen molar-refractivity contribution >= 4 is 55.0 Å². The monoisotopic (exact) mass is 562 g/mol. The molecule has 7 nitrogen and oxygen atoms in total. The first-order valence-corrected chi connectivity index (χ1v) is 14.2. The van der Waals surface area contributed by atoms with Gasteiger partial charge in [0.2, 0.25) is 10.0 Å². The van der Waals surface area contributed by atoms with Gasteiger partial charge in [-0.2, -0.15) is 4.31 Å². The Morgan fingerprint density at radius 2 is 1.62 bits per heavy atom. The Morgan fingerprint density at radius 3 is 2.19 bits per heavy atom. The average molecular weight is 563 g/mol. The summed E-state index contributed by atoms with van der Waals surface area (Å²) < 4.78 is 28.4. The molecule has 1 heterocycles. The van der Waals surface area contributed by atoms with Gasteiger partial charge in [0.15, 0.2) is 5.13 Å². The number of carbonyl (C=O) groups is 1. The number of aryl methyl sites for hydroxylation is 1. The van der Waals surface area contributed by atoms with Crippen LogP contribution in [-0.2, 0) is 10.0 Å². The molecule has 0 radical (unpaired) electrons. The fourth-order valence-corrected chi connectivity index (χ4v) is 6.30. The Bertz CT molecular complexity index is 1310. The first-order valence-electron chi connectivity index (χ1n) is 12.0. The number of likely N-dealkylation sites (N-methyl/N-ethyl adjacent to an activating group) is 1. The average Bonchev–Trinajstić information content (AvgIpc) is 3.29. The first-order chi connectivity index (χ1) is 17.2. The summed E-state index contributed by atoms with van der Waals surface area (Å²) in [6.45, 7) is 16.8. The lowest BCUT2D eigenvalue weighted by Crippen LogP contribution is -2.39. The van der Waals surface area contributed by atoms with Gasteiger partial charge in [-0.15, -0.1) is 25.6 Å². The van der Waals surface area contributed by atoms with E-state index in [1.54, 1.807) is 17.0 Å². The molecule has 0 aliphatic rings. The largest absolute Gasteiger partial charge is 0.302 e. The summed E-state index contributed by atoms with van der Waals surface area (Å²) in [4.78, 5) is 22.5. The van der Waals surface area contributed by atoms with Crippen molar-refractivity contribution in [2.45, 2.75) is 25.7 Å². The number of thiazole rings is 1. The Morgan fingerprint density at radius 1 is 1.00 bits per heavy atom. The van der Waals surface area contributed by atoms with E-state index < -0.39 is 10.0 Å². The van der Waals surface area contributed by atoms with Crippen molar-refractivity contribution in [3.05, 3.63) is 78.9 Å². The predicted molar refractivity (Wildman–Crippen MR) is 157 cm³/mol. The molecule has 37 heavy (non-hydrogen) atoms. The van der Waals surface area contributed by atoms with Crippen LogP contribution in [0.2, 0.25) is 0 Å². The summed E-state index contributed by atoms with van der Waals surface area (Å²) >= 11 is 1.49. The van der Waals surface area contributed by atoms with Gasteiger partial charge in [-0.1, -0.05) is 43.4 Å². The van der Waals surface area contributed by atoms with E-state index in [4.69, 9.17) is 4.98 Å². The molecule has 0 atom stereocenters. The molecule has 3 aromatic rings. The maximum Gasteiger partial charge on any atom is 0.260 e. The minimum Gasteiger partial charge on any atom is -0.302 e. The minimum atomic E-state index is -3.74. The molecule has 0 unspecified atom stereocenters. The van der Waals surface area contributed by atoms with Crippen LogP contribution in [0.1, 0.15) is 29.8 Å². The molecule has 1 aromatic heterocycles. The third-order valence-corrected chi connectivity index (χ3v) is 8.83.